The Morgan fingerprint density at radius 1 is 1.17 bits per heavy atom. The number of benzene rings is 1. The predicted molar refractivity (Wildman–Crippen MR) is 95.5 cm³/mol. The first-order valence-electron chi connectivity index (χ1n) is 7.76. The van der Waals surface area contributed by atoms with Gasteiger partial charge in [-0.05, 0) is 30.7 Å². The fourth-order valence-electron chi connectivity index (χ4n) is 2.44. The maximum absolute atomic E-state index is 5.98. The van der Waals surface area contributed by atoms with Crippen molar-refractivity contribution in [2.45, 2.75) is 6.42 Å². The molecule has 0 radical (unpaired) electrons. The van der Waals surface area contributed by atoms with Crippen LogP contribution >= 0.6 is 11.6 Å². The second-order valence-electron chi connectivity index (χ2n) is 5.41. The average Bonchev–Trinajstić information content (AvgIpc) is 3.05. The molecule has 2 heterocycles. The normalized spacial score (nSPS) is 14.1. The maximum Gasteiger partial charge on any atom is 0.229 e. The van der Waals surface area contributed by atoms with Gasteiger partial charge in [0.15, 0.2) is 0 Å². The Hall–Kier alpha value is -2.11. The zero-order chi connectivity index (χ0) is 15.9. The van der Waals surface area contributed by atoms with Crippen molar-refractivity contribution in [2.75, 3.05) is 36.8 Å². The molecule has 0 amide bonds. The molecule has 0 saturated heterocycles. The molecule has 0 spiro atoms. The number of hydrogen-bond acceptors (Lipinski definition) is 5. The highest BCUT2D eigenvalue weighted by Gasteiger charge is 2.05. The van der Waals surface area contributed by atoms with E-state index in [9.17, 15) is 0 Å². The monoisotopic (exact) mass is 329 g/mol. The summed E-state index contributed by atoms with van der Waals surface area (Å²) in [4.78, 5) is 11.1. The van der Waals surface area contributed by atoms with Crippen molar-refractivity contribution < 1.29 is 0 Å². The van der Waals surface area contributed by atoms with Gasteiger partial charge in [0.1, 0.15) is 5.82 Å². The van der Waals surface area contributed by atoms with Crippen molar-refractivity contribution >= 4 is 29.1 Å². The first kappa shape index (κ1) is 15.8. The molecule has 1 aliphatic heterocycles. The van der Waals surface area contributed by atoms with Crippen molar-refractivity contribution in [3.63, 3.8) is 0 Å². The topological polar surface area (TPSA) is 53.1 Å². The van der Waals surface area contributed by atoms with Gasteiger partial charge in [-0.15, -0.1) is 0 Å². The molecular weight excluding hydrogens is 310 g/mol. The van der Waals surface area contributed by atoms with Gasteiger partial charge in [0, 0.05) is 43.1 Å². The number of aromatic nitrogens is 2. The summed E-state index contributed by atoms with van der Waals surface area (Å²) in [5.41, 5.74) is 0.871. The summed E-state index contributed by atoms with van der Waals surface area (Å²) >= 11 is 5.98. The number of halogens is 1. The summed E-state index contributed by atoms with van der Waals surface area (Å²) < 4.78 is 0. The van der Waals surface area contributed by atoms with Gasteiger partial charge < -0.3 is 10.6 Å². The molecule has 2 aromatic rings. The van der Waals surface area contributed by atoms with Crippen LogP contribution in [0.1, 0.15) is 6.42 Å². The van der Waals surface area contributed by atoms with E-state index in [2.05, 4.69) is 37.7 Å². The minimum absolute atomic E-state index is 0.556. The molecule has 3 rings (SSSR count). The SMILES string of the molecule is Clc1cccc(Nc2nccc(NCCCN3CC=CC3)n2)c1. The highest BCUT2D eigenvalue weighted by Crippen LogP contribution is 2.18. The maximum atomic E-state index is 5.98. The van der Waals surface area contributed by atoms with Gasteiger partial charge in [-0.3, -0.25) is 4.90 Å². The van der Waals surface area contributed by atoms with Crippen molar-refractivity contribution in [2.24, 2.45) is 0 Å². The first-order valence-corrected chi connectivity index (χ1v) is 8.14. The fourth-order valence-corrected chi connectivity index (χ4v) is 2.63. The average molecular weight is 330 g/mol. The third kappa shape index (κ3) is 4.94. The molecule has 0 saturated carbocycles. The van der Waals surface area contributed by atoms with Crippen LogP contribution < -0.4 is 10.6 Å². The highest BCUT2D eigenvalue weighted by molar-refractivity contribution is 6.30. The van der Waals surface area contributed by atoms with E-state index in [1.165, 1.54) is 0 Å². The molecule has 1 aliphatic rings. The first-order chi connectivity index (χ1) is 11.3. The Morgan fingerprint density at radius 2 is 2.04 bits per heavy atom. The van der Waals surface area contributed by atoms with E-state index in [1.807, 2.05) is 30.3 Å². The lowest BCUT2D eigenvalue weighted by Gasteiger charge is -2.14. The van der Waals surface area contributed by atoms with Crippen LogP contribution in [0, 0.1) is 0 Å². The van der Waals surface area contributed by atoms with Crippen LogP contribution in [0.4, 0.5) is 17.5 Å². The largest absolute Gasteiger partial charge is 0.370 e. The fraction of sp³-hybridized carbons (Fsp3) is 0.294. The van der Waals surface area contributed by atoms with E-state index < -0.39 is 0 Å². The van der Waals surface area contributed by atoms with Gasteiger partial charge in [0.2, 0.25) is 5.95 Å². The Kier molecular flexibility index (Phi) is 5.45. The van der Waals surface area contributed by atoms with Crippen LogP contribution in [0.3, 0.4) is 0 Å². The molecule has 0 aliphatic carbocycles. The molecule has 0 unspecified atom stereocenters. The molecule has 5 nitrogen and oxygen atoms in total. The van der Waals surface area contributed by atoms with Gasteiger partial charge in [-0.1, -0.05) is 29.8 Å². The molecule has 23 heavy (non-hydrogen) atoms. The zero-order valence-electron chi connectivity index (χ0n) is 12.9. The lowest BCUT2D eigenvalue weighted by Crippen LogP contribution is -2.23. The van der Waals surface area contributed by atoms with Crippen LogP contribution in [0.25, 0.3) is 0 Å². The Labute approximate surface area is 141 Å². The molecule has 0 bridgehead atoms. The number of nitrogens with one attached hydrogen (secondary N) is 2. The van der Waals surface area contributed by atoms with Crippen molar-refractivity contribution in [3.8, 4) is 0 Å². The molecular formula is C17H20ClN5. The third-order valence-electron chi connectivity index (χ3n) is 3.59. The second kappa shape index (κ2) is 7.94. The minimum Gasteiger partial charge on any atom is -0.370 e. The van der Waals surface area contributed by atoms with Crippen LogP contribution in [0.5, 0.6) is 0 Å². The van der Waals surface area contributed by atoms with E-state index in [0.29, 0.717) is 11.0 Å². The number of rotatable bonds is 7. The molecule has 1 aromatic carbocycles. The van der Waals surface area contributed by atoms with Crippen molar-refractivity contribution in [1.29, 1.82) is 0 Å². The van der Waals surface area contributed by atoms with E-state index in [1.54, 1.807) is 6.20 Å². The lowest BCUT2D eigenvalue weighted by molar-refractivity contribution is 0.351. The zero-order valence-corrected chi connectivity index (χ0v) is 13.6. The number of nitrogens with zero attached hydrogens (tertiary/aromatic N) is 3. The molecule has 0 fully saturated rings. The van der Waals surface area contributed by atoms with Gasteiger partial charge >= 0.3 is 0 Å². The van der Waals surface area contributed by atoms with Crippen molar-refractivity contribution in [3.05, 3.63) is 53.7 Å². The van der Waals surface area contributed by atoms with Crippen LogP contribution in [-0.4, -0.2) is 41.0 Å². The summed E-state index contributed by atoms with van der Waals surface area (Å²) in [6.07, 6.45) is 7.26. The highest BCUT2D eigenvalue weighted by atomic mass is 35.5. The summed E-state index contributed by atoms with van der Waals surface area (Å²) in [5, 5.41) is 7.18. The Balaban J connectivity index is 1.48. The van der Waals surface area contributed by atoms with E-state index in [0.717, 1.165) is 44.1 Å². The smallest absolute Gasteiger partial charge is 0.229 e. The summed E-state index contributed by atoms with van der Waals surface area (Å²) in [6, 6.07) is 9.37. The molecule has 1 aromatic heterocycles. The van der Waals surface area contributed by atoms with Gasteiger partial charge in [0.05, 0.1) is 0 Å². The number of hydrogen-bond donors (Lipinski definition) is 2. The lowest BCUT2D eigenvalue weighted by atomic mass is 10.3. The second-order valence-corrected chi connectivity index (χ2v) is 5.85. The summed E-state index contributed by atoms with van der Waals surface area (Å²) in [7, 11) is 0. The van der Waals surface area contributed by atoms with Gasteiger partial charge in [-0.2, -0.15) is 4.98 Å². The van der Waals surface area contributed by atoms with Gasteiger partial charge in [-0.25, -0.2) is 4.98 Å². The van der Waals surface area contributed by atoms with Gasteiger partial charge in [0.25, 0.3) is 0 Å². The predicted octanol–water partition coefficient (Wildman–Crippen LogP) is 3.55. The van der Waals surface area contributed by atoms with Crippen LogP contribution in [-0.2, 0) is 0 Å². The Bertz CT molecular complexity index is 666. The van der Waals surface area contributed by atoms with E-state index >= 15 is 0 Å². The van der Waals surface area contributed by atoms with Crippen molar-refractivity contribution in [1.82, 2.24) is 14.9 Å². The molecule has 6 heteroatoms. The molecule has 120 valence electrons. The third-order valence-corrected chi connectivity index (χ3v) is 3.82. The van der Waals surface area contributed by atoms with Crippen LogP contribution in [0.2, 0.25) is 5.02 Å². The quantitative estimate of drug-likeness (QED) is 0.601. The standard InChI is InChI=1S/C17H20ClN5/c18-14-5-3-6-15(13-14)21-17-20-9-7-16(22-17)19-8-4-12-23-10-1-2-11-23/h1-3,5-7,9,13H,4,8,10-12H2,(H2,19,20,21,22). The minimum atomic E-state index is 0.556. The van der Waals surface area contributed by atoms with Crippen LogP contribution in [0.15, 0.2) is 48.7 Å². The molecule has 0 atom stereocenters. The van der Waals surface area contributed by atoms with E-state index in [4.69, 9.17) is 11.6 Å². The van der Waals surface area contributed by atoms with E-state index in [-0.39, 0.29) is 0 Å². The Morgan fingerprint density at radius 3 is 2.87 bits per heavy atom. The number of anilines is 3. The summed E-state index contributed by atoms with van der Waals surface area (Å²) in [5.74, 6) is 1.38. The summed E-state index contributed by atoms with van der Waals surface area (Å²) in [6.45, 7) is 4.13. The molecule has 2 N–H and O–H groups in total.